The summed E-state index contributed by atoms with van der Waals surface area (Å²) in [7, 11) is -1.49. The number of rotatable bonds is 3. The summed E-state index contributed by atoms with van der Waals surface area (Å²) < 4.78 is 28.9. The lowest BCUT2D eigenvalue weighted by molar-refractivity contribution is 0.118. The smallest absolute Gasteiger partial charge is 0.120 e. The molecule has 1 atom stereocenters. The molecule has 1 aliphatic heterocycles. The maximum absolute atomic E-state index is 10.8. The molecule has 3 heterocycles. The molecule has 0 spiro atoms. The number of benzene rings is 1. The minimum Gasteiger partial charge on any atom is -0.373 e. The molecule has 0 saturated carbocycles. The molecule has 26 heavy (non-hydrogen) atoms. The molecule has 1 aromatic carbocycles. The minimum atomic E-state index is -3.04. The molecule has 7 heteroatoms. The van der Waals surface area contributed by atoms with Crippen molar-refractivity contribution in [3.05, 3.63) is 53.3 Å². The van der Waals surface area contributed by atoms with Crippen LogP contribution >= 0.6 is 10.6 Å². The fraction of sp³-hybridized carbons (Fsp3) is 0.263. The van der Waals surface area contributed by atoms with E-state index in [0.29, 0.717) is 21.7 Å². The highest BCUT2D eigenvalue weighted by Crippen LogP contribution is 2.62. The molecule has 0 amide bonds. The third-order valence-corrected chi connectivity index (χ3v) is 6.63. The molecule has 0 saturated heterocycles. The fourth-order valence-electron chi connectivity index (χ4n) is 3.56. The van der Waals surface area contributed by atoms with Gasteiger partial charge in [0.15, 0.2) is 0 Å². The first-order chi connectivity index (χ1) is 12.5. The first-order valence-electron chi connectivity index (χ1n) is 8.34. The first kappa shape index (κ1) is 17.1. The predicted octanol–water partition coefficient (Wildman–Crippen LogP) is 4.25. The highest BCUT2D eigenvalue weighted by molar-refractivity contribution is 8.24. The number of nitriles is 1. The number of aromatic nitrogens is 2. The number of nitrogens with zero attached hydrogens (tertiary/aromatic N) is 3. The zero-order valence-corrected chi connectivity index (χ0v) is 15.3. The molecule has 0 bridgehead atoms. The van der Waals surface area contributed by atoms with E-state index in [4.69, 9.17) is 9.84 Å². The Labute approximate surface area is 153 Å². The molecule has 3 aromatic rings. The van der Waals surface area contributed by atoms with Crippen LogP contribution in [0.3, 0.4) is 0 Å². The first-order valence-corrected chi connectivity index (χ1v) is 10.1. The second-order valence-electron chi connectivity index (χ2n) is 6.32. The van der Waals surface area contributed by atoms with Crippen molar-refractivity contribution in [2.24, 2.45) is 0 Å². The molecule has 0 radical (unpaired) electrons. The second-order valence-corrected chi connectivity index (χ2v) is 8.39. The fourth-order valence-corrected chi connectivity index (χ4v) is 5.50. The van der Waals surface area contributed by atoms with Gasteiger partial charge in [0.1, 0.15) is 11.8 Å². The molecular formula is C19H19N3O3S. The molecule has 1 unspecified atom stereocenters. The highest BCUT2D eigenvalue weighted by Gasteiger charge is 2.40. The molecule has 4 rings (SSSR count). The lowest BCUT2D eigenvalue weighted by Crippen LogP contribution is -2.07. The van der Waals surface area contributed by atoms with Crippen LogP contribution in [-0.2, 0) is 11.2 Å². The van der Waals surface area contributed by atoms with Crippen LogP contribution in [0.5, 0.6) is 0 Å². The van der Waals surface area contributed by atoms with E-state index < -0.39 is 16.7 Å². The van der Waals surface area contributed by atoms with E-state index >= 15 is 0 Å². The van der Waals surface area contributed by atoms with Gasteiger partial charge in [-0.1, -0.05) is 19.1 Å². The molecular weight excluding hydrogens is 350 g/mol. The van der Waals surface area contributed by atoms with Gasteiger partial charge in [0.25, 0.3) is 0 Å². The van der Waals surface area contributed by atoms with Gasteiger partial charge in [0.2, 0.25) is 0 Å². The summed E-state index contributed by atoms with van der Waals surface area (Å²) in [6.45, 7) is 2.05. The van der Waals surface area contributed by atoms with Crippen LogP contribution in [0, 0.1) is 11.3 Å². The van der Waals surface area contributed by atoms with Crippen molar-refractivity contribution in [1.82, 2.24) is 9.61 Å². The predicted molar refractivity (Wildman–Crippen MR) is 100 cm³/mol. The summed E-state index contributed by atoms with van der Waals surface area (Å²) in [5, 5.41) is 14.0. The van der Waals surface area contributed by atoms with Crippen molar-refractivity contribution < 1.29 is 13.8 Å². The Morgan fingerprint density at radius 2 is 2.15 bits per heavy atom. The standard InChI is InChI=1S/C19H19N3O3S/c1-3-14-7-8-15-17(13-6-4-5-12(9-13)10-20)19-18(21-22(14)15)16(25-2)11-26(19,23)24/h4-9,16,23-24H,3,11H2,1-2H3. The van der Waals surface area contributed by atoms with Gasteiger partial charge in [-0.25, -0.2) is 4.52 Å². The van der Waals surface area contributed by atoms with Gasteiger partial charge in [0, 0.05) is 18.4 Å². The van der Waals surface area contributed by atoms with Crippen molar-refractivity contribution >= 4 is 16.1 Å². The van der Waals surface area contributed by atoms with Gasteiger partial charge < -0.3 is 4.74 Å². The average molecular weight is 369 g/mol. The number of aryl methyl sites for hydroxylation is 1. The van der Waals surface area contributed by atoms with E-state index in [0.717, 1.165) is 23.2 Å². The molecule has 0 aliphatic carbocycles. The van der Waals surface area contributed by atoms with Crippen LogP contribution < -0.4 is 0 Å². The SMILES string of the molecule is CCc1ccc2c(-c3cccc(C#N)c3)c3c(nn12)C(OC)CS3(O)O. The monoisotopic (exact) mass is 369 g/mol. The highest BCUT2D eigenvalue weighted by atomic mass is 32.3. The Morgan fingerprint density at radius 1 is 1.35 bits per heavy atom. The van der Waals surface area contributed by atoms with Crippen LogP contribution in [0.15, 0.2) is 41.3 Å². The molecule has 1 aliphatic rings. The molecule has 134 valence electrons. The number of fused-ring (bicyclic) bond motifs is 2. The van der Waals surface area contributed by atoms with Gasteiger partial charge in [-0.15, -0.1) is 0 Å². The summed E-state index contributed by atoms with van der Waals surface area (Å²) in [5.74, 6) is 0.103. The second kappa shape index (κ2) is 6.11. The van der Waals surface area contributed by atoms with Gasteiger partial charge in [-0.3, -0.25) is 9.11 Å². The maximum Gasteiger partial charge on any atom is 0.120 e. The van der Waals surface area contributed by atoms with Crippen molar-refractivity contribution in [3.63, 3.8) is 0 Å². The molecule has 0 fully saturated rings. The maximum atomic E-state index is 10.8. The lowest BCUT2D eigenvalue weighted by Gasteiger charge is -2.29. The Morgan fingerprint density at radius 3 is 2.85 bits per heavy atom. The normalized spacial score (nSPS) is 19.3. The van der Waals surface area contributed by atoms with Crippen molar-refractivity contribution in [2.45, 2.75) is 24.3 Å². The lowest BCUT2D eigenvalue weighted by atomic mass is 10.0. The molecule has 2 N–H and O–H groups in total. The number of hydrogen-bond donors (Lipinski definition) is 2. The van der Waals surface area contributed by atoms with Gasteiger partial charge in [-0.05, 0) is 36.2 Å². The van der Waals surface area contributed by atoms with Crippen LogP contribution in [0.1, 0.15) is 30.0 Å². The Hall–Kier alpha value is -2.37. The van der Waals surface area contributed by atoms with Crippen molar-refractivity contribution in [2.75, 3.05) is 12.9 Å². The Balaban J connectivity index is 2.14. The van der Waals surface area contributed by atoms with Crippen LogP contribution in [0.4, 0.5) is 0 Å². The summed E-state index contributed by atoms with van der Waals surface area (Å²) in [5.41, 5.74) is 4.39. The van der Waals surface area contributed by atoms with Crippen LogP contribution in [0.25, 0.3) is 16.6 Å². The van der Waals surface area contributed by atoms with E-state index in [1.165, 1.54) is 0 Å². The van der Waals surface area contributed by atoms with Gasteiger partial charge in [0.05, 0.1) is 27.8 Å². The molecule has 2 aromatic heterocycles. The zero-order valence-electron chi connectivity index (χ0n) is 14.5. The third kappa shape index (κ3) is 2.42. The van der Waals surface area contributed by atoms with E-state index in [1.54, 1.807) is 25.3 Å². The number of ether oxygens (including phenoxy) is 1. The topological polar surface area (TPSA) is 90.8 Å². The number of hydrogen-bond acceptors (Lipinski definition) is 5. The van der Waals surface area contributed by atoms with E-state index in [-0.39, 0.29) is 5.75 Å². The summed E-state index contributed by atoms with van der Waals surface area (Å²) in [6.07, 6.45) is 0.329. The van der Waals surface area contributed by atoms with E-state index in [1.807, 2.05) is 29.6 Å². The molecule has 6 nitrogen and oxygen atoms in total. The van der Waals surface area contributed by atoms with Crippen LogP contribution in [-0.4, -0.2) is 31.6 Å². The van der Waals surface area contributed by atoms with Crippen molar-refractivity contribution in [1.29, 1.82) is 5.26 Å². The Bertz CT molecular complexity index is 1050. The van der Waals surface area contributed by atoms with Crippen LogP contribution in [0.2, 0.25) is 0 Å². The summed E-state index contributed by atoms with van der Waals surface area (Å²) in [6, 6.07) is 13.3. The van der Waals surface area contributed by atoms with Crippen molar-refractivity contribution in [3.8, 4) is 17.2 Å². The largest absolute Gasteiger partial charge is 0.373 e. The summed E-state index contributed by atoms with van der Waals surface area (Å²) in [4.78, 5) is 0.438. The zero-order chi connectivity index (χ0) is 18.5. The van der Waals surface area contributed by atoms with E-state index in [2.05, 4.69) is 6.07 Å². The van der Waals surface area contributed by atoms with Gasteiger partial charge >= 0.3 is 0 Å². The van der Waals surface area contributed by atoms with E-state index in [9.17, 15) is 14.4 Å². The third-order valence-electron chi connectivity index (χ3n) is 4.80. The minimum absolute atomic E-state index is 0.103. The number of methoxy groups -OCH3 is 1. The quantitative estimate of drug-likeness (QED) is 0.720. The average Bonchev–Trinajstić information content (AvgIpc) is 3.18. The summed E-state index contributed by atoms with van der Waals surface area (Å²) >= 11 is 0. The van der Waals surface area contributed by atoms with Gasteiger partial charge in [-0.2, -0.15) is 21.0 Å². The Kier molecular flexibility index (Phi) is 4.01.